The minimum Gasteiger partial charge on any atom is -0.497 e. The summed E-state index contributed by atoms with van der Waals surface area (Å²) in [6.45, 7) is 0.379. The first-order chi connectivity index (χ1) is 18.1. The molecule has 3 aromatic rings. The van der Waals surface area contributed by atoms with E-state index in [1.165, 1.54) is 54.9 Å². The van der Waals surface area contributed by atoms with E-state index in [2.05, 4.69) is 10.0 Å². The standard InChI is InChI=1S/C26H29N3O7S2/c1-35-22-9-5-21(6-10-22)28-37(31,32)24-13-7-20(8-14-24)27-26(30)19-4-3-17-29(18-19)38(33,34)25-15-11-23(36-2)12-16-25/h5-16,19,28H,3-4,17-18H2,1-2H3,(H,27,30). The van der Waals surface area contributed by atoms with Gasteiger partial charge in [-0.1, -0.05) is 0 Å². The average Bonchev–Trinajstić information content (AvgIpc) is 2.93. The second-order valence-electron chi connectivity index (χ2n) is 8.73. The molecular formula is C26H29N3O7S2. The summed E-state index contributed by atoms with van der Waals surface area (Å²) in [7, 11) is -4.57. The van der Waals surface area contributed by atoms with Crippen molar-refractivity contribution in [2.45, 2.75) is 22.6 Å². The largest absolute Gasteiger partial charge is 0.497 e. The van der Waals surface area contributed by atoms with Gasteiger partial charge in [-0.3, -0.25) is 9.52 Å². The Morgan fingerprint density at radius 2 is 1.32 bits per heavy atom. The fourth-order valence-electron chi connectivity index (χ4n) is 4.11. The number of nitrogens with zero attached hydrogens (tertiary/aromatic N) is 1. The summed E-state index contributed by atoms with van der Waals surface area (Å²) in [6, 6.07) is 18.4. The van der Waals surface area contributed by atoms with Gasteiger partial charge in [0.25, 0.3) is 10.0 Å². The Morgan fingerprint density at radius 1 is 0.789 bits per heavy atom. The average molecular weight is 560 g/mol. The second-order valence-corrected chi connectivity index (χ2v) is 12.3. The van der Waals surface area contributed by atoms with Crippen molar-refractivity contribution in [3.05, 3.63) is 72.8 Å². The van der Waals surface area contributed by atoms with Gasteiger partial charge in [-0.15, -0.1) is 0 Å². The lowest BCUT2D eigenvalue weighted by Gasteiger charge is -2.31. The number of piperidine rings is 1. The van der Waals surface area contributed by atoms with Gasteiger partial charge in [0.15, 0.2) is 0 Å². The van der Waals surface area contributed by atoms with Crippen molar-refractivity contribution in [1.82, 2.24) is 4.31 Å². The number of methoxy groups -OCH3 is 2. The Labute approximate surface area is 222 Å². The van der Waals surface area contributed by atoms with Gasteiger partial charge in [-0.25, -0.2) is 16.8 Å². The Hall–Kier alpha value is -3.61. The van der Waals surface area contributed by atoms with Gasteiger partial charge in [0, 0.05) is 24.5 Å². The van der Waals surface area contributed by atoms with Crippen LogP contribution in [0.1, 0.15) is 12.8 Å². The van der Waals surface area contributed by atoms with Crippen LogP contribution in [0.3, 0.4) is 0 Å². The van der Waals surface area contributed by atoms with E-state index >= 15 is 0 Å². The van der Waals surface area contributed by atoms with E-state index in [4.69, 9.17) is 9.47 Å². The van der Waals surface area contributed by atoms with Crippen LogP contribution in [0, 0.1) is 5.92 Å². The summed E-state index contributed by atoms with van der Waals surface area (Å²) in [5.74, 6) is 0.283. The summed E-state index contributed by atoms with van der Waals surface area (Å²) in [6.07, 6.45) is 1.08. The minimum absolute atomic E-state index is 0.0285. The van der Waals surface area contributed by atoms with Crippen molar-refractivity contribution < 1.29 is 31.1 Å². The molecule has 1 unspecified atom stereocenters. The molecule has 0 radical (unpaired) electrons. The van der Waals surface area contributed by atoms with Gasteiger partial charge >= 0.3 is 0 Å². The molecule has 12 heteroatoms. The summed E-state index contributed by atoms with van der Waals surface area (Å²) in [5, 5.41) is 2.77. The molecule has 0 saturated carbocycles. The van der Waals surface area contributed by atoms with Crippen molar-refractivity contribution in [3.8, 4) is 11.5 Å². The Balaban J connectivity index is 1.39. The first kappa shape index (κ1) is 27.4. The molecule has 0 bridgehead atoms. The molecule has 1 atom stereocenters. The molecule has 1 aliphatic heterocycles. The van der Waals surface area contributed by atoms with E-state index in [1.54, 1.807) is 36.4 Å². The van der Waals surface area contributed by atoms with E-state index < -0.39 is 26.0 Å². The molecule has 0 aliphatic carbocycles. The smallest absolute Gasteiger partial charge is 0.261 e. The maximum absolute atomic E-state index is 13.1. The lowest BCUT2D eigenvalue weighted by Crippen LogP contribution is -2.43. The Kier molecular flexibility index (Phi) is 8.24. The molecule has 1 fully saturated rings. The third-order valence-corrected chi connectivity index (χ3v) is 9.50. The lowest BCUT2D eigenvalue weighted by atomic mass is 9.99. The number of anilines is 2. The molecule has 4 rings (SSSR count). The number of nitrogens with one attached hydrogen (secondary N) is 2. The quantitative estimate of drug-likeness (QED) is 0.410. The first-order valence-electron chi connectivity index (χ1n) is 11.8. The number of benzene rings is 3. The highest BCUT2D eigenvalue weighted by Gasteiger charge is 2.33. The van der Waals surface area contributed by atoms with Gasteiger partial charge in [0.1, 0.15) is 11.5 Å². The number of hydrogen-bond donors (Lipinski definition) is 2. The van der Waals surface area contributed by atoms with E-state index in [1.807, 2.05) is 0 Å². The SMILES string of the molecule is COc1ccc(NS(=O)(=O)c2ccc(NC(=O)C3CCCN(S(=O)(=O)c4ccc(OC)cc4)C3)cc2)cc1. The van der Waals surface area contributed by atoms with Gasteiger partial charge in [0.05, 0.1) is 29.9 Å². The van der Waals surface area contributed by atoms with E-state index in [0.717, 1.165) is 0 Å². The van der Waals surface area contributed by atoms with Crippen LogP contribution in [-0.2, 0) is 24.8 Å². The number of sulfonamides is 2. The van der Waals surface area contributed by atoms with E-state index in [9.17, 15) is 21.6 Å². The van der Waals surface area contributed by atoms with Crippen molar-refractivity contribution in [2.24, 2.45) is 5.92 Å². The molecule has 1 amide bonds. The number of carbonyl (C=O) groups excluding carboxylic acids is 1. The fraction of sp³-hybridized carbons (Fsp3) is 0.269. The van der Waals surface area contributed by atoms with Gasteiger partial charge in [0.2, 0.25) is 15.9 Å². The fourth-order valence-corrected chi connectivity index (χ4v) is 6.69. The second kappa shape index (κ2) is 11.4. The maximum Gasteiger partial charge on any atom is 0.261 e. The molecular weight excluding hydrogens is 530 g/mol. The zero-order valence-corrected chi connectivity index (χ0v) is 22.6. The molecule has 0 spiro atoms. The van der Waals surface area contributed by atoms with Crippen LogP contribution in [0.2, 0.25) is 0 Å². The zero-order valence-electron chi connectivity index (χ0n) is 21.0. The van der Waals surface area contributed by atoms with Crippen LogP contribution in [0.25, 0.3) is 0 Å². The molecule has 3 aromatic carbocycles. The van der Waals surface area contributed by atoms with Crippen molar-refractivity contribution in [2.75, 3.05) is 37.3 Å². The molecule has 38 heavy (non-hydrogen) atoms. The predicted molar refractivity (Wildman–Crippen MR) is 143 cm³/mol. The third kappa shape index (κ3) is 6.26. The predicted octanol–water partition coefficient (Wildman–Crippen LogP) is 3.54. The zero-order chi connectivity index (χ0) is 27.3. The van der Waals surface area contributed by atoms with Crippen molar-refractivity contribution >= 4 is 37.3 Å². The molecule has 1 heterocycles. The highest BCUT2D eigenvalue weighted by molar-refractivity contribution is 7.92. The van der Waals surface area contributed by atoms with Crippen LogP contribution in [-0.4, -0.2) is 54.4 Å². The monoisotopic (exact) mass is 559 g/mol. The van der Waals surface area contributed by atoms with Crippen LogP contribution in [0.15, 0.2) is 82.6 Å². The molecule has 1 aliphatic rings. The minimum atomic E-state index is -3.84. The Morgan fingerprint density at radius 3 is 1.89 bits per heavy atom. The van der Waals surface area contributed by atoms with Crippen molar-refractivity contribution in [1.29, 1.82) is 0 Å². The Bertz CT molecular complexity index is 1470. The summed E-state index contributed by atoms with van der Waals surface area (Å²) in [5.41, 5.74) is 0.795. The number of hydrogen-bond acceptors (Lipinski definition) is 7. The third-order valence-electron chi connectivity index (χ3n) is 6.23. The summed E-state index contributed by atoms with van der Waals surface area (Å²) >= 11 is 0. The number of rotatable bonds is 9. The van der Waals surface area contributed by atoms with E-state index in [-0.39, 0.29) is 22.2 Å². The normalized spacial score (nSPS) is 16.4. The number of carbonyl (C=O) groups is 1. The summed E-state index contributed by atoms with van der Waals surface area (Å²) in [4.78, 5) is 13.1. The van der Waals surface area contributed by atoms with E-state index in [0.29, 0.717) is 42.3 Å². The van der Waals surface area contributed by atoms with Gasteiger partial charge in [-0.05, 0) is 85.6 Å². The maximum atomic E-state index is 13.1. The molecule has 202 valence electrons. The molecule has 0 aromatic heterocycles. The highest BCUT2D eigenvalue weighted by Crippen LogP contribution is 2.26. The molecule has 1 saturated heterocycles. The van der Waals surface area contributed by atoms with Gasteiger partial charge < -0.3 is 14.8 Å². The molecule has 10 nitrogen and oxygen atoms in total. The number of amides is 1. The molecule has 2 N–H and O–H groups in total. The topological polar surface area (TPSA) is 131 Å². The van der Waals surface area contributed by atoms with Crippen LogP contribution >= 0.6 is 0 Å². The van der Waals surface area contributed by atoms with Crippen LogP contribution < -0.4 is 19.5 Å². The number of ether oxygens (including phenoxy) is 2. The van der Waals surface area contributed by atoms with Crippen LogP contribution in [0.5, 0.6) is 11.5 Å². The van der Waals surface area contributed by atoms with Crippen LogP contribution in [0.4, 0.5) is 11.4 Å². The van der Waals surface area contributed by atoms with Crippen molar-refractivity contribution in [3.63, 3.8) is 0 Å². The van der Waals surface area contributed by atoms with Gasteiger partial charge in [-0.2, -0.15) is 4.31 Å². The first-order valence-corrected chi connectivity index (χ1v) is 14.8. The highest BCUT2D eigenvalue weighted by atomic mass is 32.2. The lowest BCUT2D eigenvalue weighted by molar-refractivity contribution is -0.120. The summed E-state index contributed by atoms with van der Waals surface area (Å²) < 4.78 is 65.6.